The van der Waals surface area contributed by atoms with E-state index in [0.717, 1.165) is 11.1 Å². The molecule has 0 aliphatic carbocycles. The molecule has 0 spiro atoms. The number of nitrogens with zero attached hydrogens (tertiary/aromatic N) is 3. The van der Waals surface area contributed by atoms with Crippen molar-refractivity contribution >= 4 is 15.7 Å². The molecule has 108 valence electrons. The molecule has 1 aromatic heterocycles. The standard InChI is InChI=1S/C15H15N3O2S/c1-11-6-12(2)8-14(7-11)18(3)21(19,20)15-5-4-13(9-16)17-10-15/h4-8,10H,1-3H3. The van der Waals surface area contributed by atoms with Crippen molar-refractivity contribution in [2.45, 2.75) is 18.7 Å². The predicted octanol–water partition coefficient (Wildman–Crippen LogP) is 2.40. The molecule has 0 aliphatic heterocycles. The molecule has 0 N–H and O–H groups in total. The van der Waals surface area contributed by atoms with Crippen LogP contribution in [0.5, 0.6) is 0 Å². The van der Waals surface area contributed by atoms with Crippen molar-refractivity contribution in [3.63, 3.8) is 0 Å². The van der Waals surface area contributed by atoms with E-state index in [1.807, 2.05) is 38.1 Å². The van der Waals surface area contributed by atoms with Gasteiger partial charge in [0.15, 0.2) is 0 Å². The van der Waals surface area contributed by atoms with Crippen molar-refractivity contribution in [1.82, 2.24) is 4.98 Å². The minimum Gasteiger partial charge on any atom is -0.269 e. The zero-order valence-electron chi connectivity index (χ0n) is 12.0. The van der Waals surface area contributed by atoms with Gasteiger partial charge in [0.25, 0.3) is 10.0 Å². The fourth-order valence-corrected chi connectivity index (χ4v) is 3.15. The third-order valence-corrected chi connectivity index (χ3v) is 4.85. The van der Waals surface area contributed by atoms with Crippen LogP contribution in [0.15, 0.2) is 41.4 Å². The summed E-state index contributed by atoms with van der Waals surface area (Å²) in [6, 6.07) is 10.2. The average Bonchev–Trinajstić information content (AvgIpc) is 2.45. The summed E-state index contributed by atoms with van der Waals surface area (Å²) < 4.78 is 26.3. The molecule has 0 bridgehead atoms. The number of rotatable bonds is 3. The first-order chi connectivity index (χ1) is 9.84. The number of benzene rings is 1. The maximum Gasteiger partial charge on any atom is 0.265 e. The number of sulfonamides is 1. The van der Waals surface area contributed by atoms with E-state index in [1.165, 1.54) is 29.7 Å². The Kier molecular flexibility index (Phi) is 3.96. The van der Waals surface area contributed by atoms with Crippen LogP contribution < -0.4 is 4.31 Å². The van der Waals surface area contributed by atoms with Gasteiger partial charge in [0.2, 0.25) is 0 Å². The van der Waals surface area contributed by atoms with Gasteiger partial charge in [-0.2, -0.15) is 5.26 Å². The lowest BCUT2D eigenvalue weighted by atomic mass is 10.1. The van der Waals surface area contributed by atoms with Gasteiger partial charge in [-0.3, -0.25) is 4.31 Å². The molecule has 0 saturated heterocycles. The third kappa shape index (κ3) is 3.03. The maximum atomic E-state index is 12.6. The lowest BCUT2D eigenvalue weighted by Crippen LogP contribution is -2.26. The Morgan fingerprint density at radius 2 is 1.76 bits per heavy atom. The summed E-state index contributed by atoms with van der Waals surface area (Å²) in [5.41, 5.74) is 2.76. The molecule has 0 amide bonds. The molecule has 0 saturated carbocycles. The van der Waals surface area contributed by atoms with E-state index in [4.69, 9.17) is 5.26 Å². The van der Waals surface area contributed by atoms with Gasteiger partial charge >= 0.3 is 0 Å². The van der Waals surface area contributed by atoms with Crippen LogP contribution in [0.3, 0.4) is 0 Å². The van der Waals surface area contributed by atoms with Crippen LogP contribution in [-0.2, 0) is 10.0 Å². The second-order valence-electron chi connectivity index (χ2n) is 4.81. The summed E-state index contributed by atoms with van der Waals surface area (Å²) in [4.78, 5) is 3.87. The number of nitriles is 1. The molecule has 0 fully saturated rings. The van der Waals surface area contributed by atoms with Gasteiger partial charge in [-0.1, -0.05) is 6.07 Å². The normalized spacial score (nSPS) is 11.0. The Bertz CT molecular complexity index is 786. The highest BCUT2D eigenvalue weighted by Crippen LogP contribution is 2.23. The monoisotopic (exact) mass is 301 g/mol. The zero-order chi connectivity index (χ0) is 15.6. The topological polar surface area (TPSA) is 74.1 Å². The lowest BCUT2D eigenvalue weighted by Gasteiger charge is -2.20. The number of pyridine rings is 1. The largest absolute Gasteiger partial charge is 0.269 e. The Labute approximate surface area is 124 Å². The molecule has 0 radical (unpaired) electrons. The van der Waals surface area contributed by atoms with Crippen molar-refractivity contribution in [3.8, 4) is 6.07 Å². The van der Waals surface area contributed by atoms with Crippen molar-refractivity contribution < 1.29 is 8.42 Å². The van der Waals surface area contributed by atoms with Gasteiger partial charge in [0.05, 0.1) is 5.69 Å². The number of aromatic nitrogens is 1. The third-order valence-electron chi connectivity index (χ3n) is 3.08. The zero-order valence-corrected chi connectivity index (χ0v) is 12.8. The van der Waals surface area contributed by atoms with Crippen LogP contribution in [-0.4, -0.2) is 20.4 Å². The molecule has 1 aromatic carbocycles. The van der Waals surface area contributed by atoms with Gasteiger partial charge in [0, 0.05) is 13.2 Å². The summed E-state index contributed by atoms with van der Waals surface area (Å²) in [6.07, 6.45) is 1.20. The Hall–Kier alpha value is -2.39. The van der Waals surface area contributed by atoms with Crippen LogP contribution in [0, 0.1) is 25.2 Å². The molecule has 0 aliphatic rings. The molecule has 21 heavy (non-hydrogen) atoms. The molecular weight excluding hydrogens is 286 g/mol. The van der Waals surface area contributed by atoms with Crippen LogP contribution in [0.1, 0.15) is 16.8 Å². The number of hydrogen-bond donors (Lipinski definition) is 0. The van der Waals surface area contributed by atoms with Crippen LogP contribution >= 0.6 is 0 Å². The summed E-state index contributed by atoms with van der Waals surface area (Å²) in [5.74, 6) is 0. The van der Waals surface area contributed by atoms with Crippen LogP contribution in [0.25, 0.3) is 0 Å². The quantitative estimate of drug-likeness (QED) is 0.872. The Morgan fingerprint density at radius 1 is 1.14 bits per heavy atom. The van der Waals surface area contributed by atoms with E-state index in [-0.39, 0.29) is 10.6 Å². The fourth-order valence-electron chi connectivity index (χ4n) is 2.03. The van der Waals surface area contributed by atoms with E-state index >= 15 is 0 Å². The van der Waals surface area contributed by atoms with E-state index in [2.05, 4.69) is 4.98 Å². The number of anilines is 1. The summed E-state index contributed by atoms with van der Waals surface area (Å²) in [7, 11) is -2.19. The minimum atomic E-state index is -3.69. The molecule has 2 rings (SSSR count). The van der Waals surface area contributed by atoms with Crippen molar-refractivity contribution in [2.75, 3.05) is 11.4 Å². The summed E-state index contributed by atoms with van der Waals surface area (Å²) >= 11 is 0. The van der Waals surface area contributed by atoms with E-state index < -0.39 is 10.0 Å². The molecule has 6 heteroatoms. The summed E-state index contributed by atoms with van der Waals surface area (Å²) in [6.45, 7) is 3.83. The smallest absolute Gasteiger partial charge is 0.265 e. The fraction of sp³-hybridized carbons (Fsp3) is 0.200. The minimum absolute atomic E-state index is 0.0585. The van der Waals surface area contributed by atoms with Crippen molar-refractivity contribution in [3.05, 3.63) is 53.3 Å². The van der Waals surface area contributed by atoms with Crippen LogP contribution in [0.4, 0.5) is 5.69 Å². The molecule has 5 nitrogen and oxygen atoms in total. The van der Waals surface area contributed by atoms with Gasteiger partial charge in [0.1, 0.15) is 16.7 Å². The van der Waals surface area contributed by atoms with E-state index in [9.17, 15) is 8.42 Å². The van der Waals surface area contributed by atoms with Gasteiger partial charge in [-0.15, -0.1) is 0 Å². The Morgan fingerprint density at radius 3 is 2.24 bits per heavy atom. The first-order valence-electron chi connectivity index (χ1n) is 6.28. The highest BCUT2D eigenvalue weighted by molar-refractivity contribution is 7.92. The maximum absolute atomic E-state index is 12.6. The highest BCUT2D eigenvalue weighted by atomic mass is 32.2. The SMILES string of the molecule is Cc1cc(C)cc(N(C)S(=O)(=O)c2ccc(C#N)nc2)c1. The average molecular weight is 301 g/mol. The van der Waals surface area contributed by atoms with Gasteiger partial charge in [-0.25, -0.2) is 13.4 Å². The van der Waals surface area contributed by atoms with Crippen LogP contribution in [0.2, 0.25) is 0 Å². The molecule has 1 heterocycles. The molecular formula is C15H15N3O2S. The first kappa shape index (κ1) is 15.0. The lowest BCUT2D eigenvalue weighted by molar-refractivity contribution is 0.594. The Balaban J connectivity index is 2.44. The number of aryl methyl sites for hydroxylation is 2. The molecule has 0 atom stereocenters. The molecule has 2 aromatic rings. The van der Waals surface area contributed by atoms with E-state index in [0.29, 0.717) is 5.69 Å². The van der Waals surface area contributed by atoms with E-state index in [1.54, 1.807) is 0 Å². The molecule has 0 unspecified atom stereocenters. The predicted molar refractivity (Wildman–Crippen MR) is 80.5 cm³/mol. The van der Waals surface area contributed by atoms with Gasteiger partial charge in [-0.05, 0) is 49.2 Å². The second kappa shape index (κ2) is 5.54. The number of hydrogen-bond acceptors (Lipinski definition) is 4. The van der Waals surface area contributed by atoms with Gasteiger partial charge < -0.3 is 0 Å². The summed E-state index contributed by atoms with van der Waals surface area (Å²) in [5, 5.41) is 8.71. The van der Waals surface area contributed by atoms with Crippen molar-refractivity contribution in [2.24, 2.45) is 0 Å². The first-order valence-corrected chi connectivity index (χ1v) is 7.72. The second-order valence-corrected chi connectivity index (χ2v) is 6.78. The van der Waals surface area contributed by atoms with Crippen molar-refractivity contribution in [1.29, 1.82) is 5.26 Å². The highest BCUT2D eigenvalue weighted by Gasteiger charge is 2.22.